The molecule has 0 spiro atoms. The van der Waals surface area contributed by atoms with Crippen molar-refractivity contribution in [2.24, 2.45) is 4.99 Å². The Morgan fingerprint density at radius 2 is 2.03 bits per heavy atom. The standard InChI is InChI=1S/C21H34N4O3.HI/c1-2-12-28-20(4-1)16-23-21(22-8-6-19-5-3-13-27-19)25-9-7-18(17-25)24-10-14-26-15-11-24;/h3,5,13,18,20H,1-2,4,6-12,14-17H2,(H,22,23);1H. The first kappa shape index (κ1) is 22.8. The third-order valence-corrected chi connectivity index (χ3v) is 5.98. The average molecular weight is 518 g/mol. The molecular weight excluding hydrogens is 483 g/mol. The van der Waals surface area contributed by atoms with Gasteiger partial charge in [0.15, 0.2) is 5.96 Å². The molecule has 7 nitrogen and oxygen atoms in total. The number of nitrogens with zero attached hydrogens (tertiary/aromatic N) is 3. The summed E-state index contributed by atoms with van der Waals surface area (Å²) in [4.78, 5) is 9.96. The lowest BCUT2D eigenvalue weighted by atomic mass is 10.1. The van der Waals surface area contributed by atoms with E-state index in [2.05, 4.69) is 15.1 Å². The van der Waals surface area contributed by atoms with Gasteiger partial charge in [0, 0.05) is 51.8 Å². The first-order chi connectivity index (χ1) is 13.9. The summed E-state index contributed by atoms with van der Waals surface area (Å²) in [5.74, 6) is 2.03. The van der Waals surface area contributed by atoms with Crippen LogP contribution < -0.4 is 5.32 Å². The minimum Gasteiger partial charge on any atom is -0.469 e. The van der Waals surface area contributed by atoms with E-state index in [1.807, 2.05) is 12.1 Å². The van der Waals surface area contributed by atoms with E-state index in [0.717, 1.165) is 83.7 Å². The molecule has 1 aromatic rings. The molecule has 1 aromatic heterocycles. The predicted octanol–water partition coefficient (Wildman–Crippen LogP) is 2.36. The van der Waals surface area contributed by atoms with Crippen LogP contribution in [0.5, 0.6) is 0 Å². The van der Waals surface area contributed by atoms with E-state index in [9.17, 15) is 0 Å². The molecule has 0 aromatic carbocycles. The SMILES string of the molecule is I.c1coc(CCNC(=NCC2CCCCO2)N2CCC(N3CCOCC3)C2)c1. The largest absolute Gasteiger partial charge is 0.469 e. The Balaban J connectivity index is 0.00000240. The summed E-state index contributed by atoms with van der Waals surface area (Å²) < 4.78 is 16.9. The van der Waals surface area contributed by atoms with Gasteiger partial charge in [0.2, 0.25) is 0 Å². The van der Waals surface area contributed by atoms with E-state index < -0.39 is 0 Å². The third-order valence-electron chi connectivity index (χ3n) is 5.98. The maximum absolute atomic E-state index is 5.88. The highest BCUT2D eigenvalue weighted by Gasteiger charge is 2.30. The number of nitrogens with one attached hydrogen (secondary N) is 1. The van der Waals surface area contributed by atoms with Crippen LogP contribution in [0.15, 0.2) is 27.8 Å². The highest BCUT2D eigenvalue weighted by atomic mass is 127. The van der Waals surface area contributed by atoms with Crippen molar-refractivity contribution in [3.8, 4) is 0 Å². The van der Waals surface area contributed by atoms with Crippen LogP contribution in [0.2, 0.25) is 0 Å². The second kappa shape index (κ2) is 12.1. The summed E-state index contributed by atoms with van der Waals surface area (Å²) in [5.41, 5.74) is 0. The third kappa shape index (κ3) is 6.83. The van der Waals surface area contributed by atoms with Crippen LogP contribution in [0.4, 0.5) is 0 Å². The number of ether oxygens (including phenoxy) is 2. The van der Waals surface area contributed by atoms with Gasteiger partial charge in [-0.3, -0.25) is 9.89 Å². The molecule has 3 aliphatic heterocycles. The maximum Gasteiger partial charge on any atom is 0.194 e. The van der Waals surface area contributed by atoms with Gasteiger partial charge in [-0.2, -0.15) is 0 Å². The topological polar surface area (TPSA) is 62.5 Å². The van der Waals surface area contributed by atoms with Crippen molar-refractivity contribution in [1.82, 2.24) is 15.1 Å². The van der Waals surface area contributed by atoms with Gasteiger partial charge in [-0.25, -0.2) is 0 Å². The van der Waals surface area contributed by atoms with Crippen LogP contribution in [0.25, 0.3) is 0 Å². The molecule has 0 aliphatic carbocycles. The number of furan rings is 1. The fourth-order valence-corrected chi connectivity index (χ4v) is 4.33. The number of morpholine rings is 1. The van der Waals surface area contributed by atoms with E-state index in [1.165, 1.54) is 19.3 Å². The number of aliphatic imine (C=N–C) groups is 1. The van der Waals surface area contributed by atoms with Gasteiger partial charge in [0.05, 0.1) is 32.1 Å². The van der Waals surface area contributed by atoms with Crippen molar-refractivity contribution in [1.29, 1.82) is 0 Å². The minimum atomic E-state index is 0. The van der Waals surface area contributed by atoms with Gasteiger partial charge in [-0.1, -0.05) is 0 Å². The summed E-state index contributed by atoms with van der Waals surface area (Å²) in [6.45, 7) is 8.37. The summed E-state index contributed by atoms with van der Waals surface area (Å²) in [6, 6.07) is 4.57. The van der Waals surface area contributed by atoms with E-state index >= 15 is 0 Å². The van der Waals surface area contributed by atoms with Crippen molar-refractivity contribution in [2.45, 2.75) is 44.2 Å². The van der Waals surface area contributed by atoms with Crippen molar-refractivity contribution >= 4 is 29.9 Å². The zero-order chi connectivity index (χ0) is 19.0. The van der Waals surface area contributed by atoms with E-state index in [1.54, 1.807) is 6.26 Å². The van der Waals surface area contributed by atoms with Gasteiger partial charge < -0.3 is 24.1 Å². The zero-order valence-electron chi connectivity index (χ0n) is 17.3. The number of hydrogen-bond acceptors (Lipinski definition) is 5. The van der Waals surface area contributed by atoms with Crippen LogP contribution in [0, 0.1) is 0 Å². The molecule has 2 unspecified atom stereocenters. The molecule has 2 atom stereocenters. The number of hydrogen-bond donors (Lipinski definition) is 1. The fraction of sp³-hybridized carbons (Fsp3) is 0.762. The number of rotatable bonds is 6. The van der Waals surface area contributed by atoms with Crippen molar-refractivity contribution < 1.29 is 13.9 Å². The Labute approximate surface area is 191 Å². The van der Waals surface area contributed by atoms with Crippen molar-refractivity contribution in [3.05, 3.63) is 24.2 Å². The normalized spacial score (nSPS) is 26.3. The van der Waals surface area contributed by atoms with Crippen LogP contribution in [0.3, 0.4) is 0 Å². The lowest BCUT2D eigenvalue weighted by molar-refractivity contribution is 0.0192. The first-order valence-corrected chi connectivity index (χ1v) is 10.9. The lowest BCUT2D eigenvalue weighted by Gasteiger charge is -2.32. The molecule has 8 heteroatoms. The summed E-state index contributed by atoms with van der Waals surface area (Å²) in [7, 11) is 0. The molecule has 4 rings (SSSR count). The Morgan fingerprint density at radius 1 is 1.14 bits per heavy atom. The fourth-order valence-electron chi connectivity index (χ4n) is 4.33. The molecule has 4 heterocycles. The molecule has 164 valence electrons. The quantitative estimate of drug-likeness (QED) is 0.355. The first-order valence-electron chi connectivity index (χ1n) is 10.9. The van der Waals surface area contributed by atoms with Crippen LogP contribution >= 0.6 is 24.0 Å². The van der Waals surface area contributed by atoms with Gasteiger partial charge in [-0.15, -0.1) is 24.0 Å². The van der Waals surface area contributed by atoms with Gasteiger partial charge in [0.1, 0.15) is 5.76 Å². The van der Waals surface area contributed by atoms with E-state index in [0.29, 0.717) is 6.04 Å². The summed E-state index contributed by atoms with van der Waals surface area (Å²) in [5, 5.41) is 3.58. The Morgan fingerprint density at radius 3 is 2.79 bits per heavy atom. The van der Waals surface area contributed by atoms with Gasteiger partial charge >= 0.3 is 0 Å². The number of halogens is 1. The molecule has 3 fully saturated rings. The Kier molecular flexibility index (Phi) is 9.54. The molecule has 0 amide bonds. The molecule has 0 radical (unpaired) electrons. The molecule has 1 N–H and O–H groups in total. The highest BCUT2D eigenvalue weighted by molar-refractivity contribution is 14.0. The van der Waals surface area contributed by atoms with Crippen LogP contribution in [0.1, 0.15) is 31.4 Å². The average Bonchev–Trinajstić information content (AvgIpc) is 3.44. The van der Waals surface area contributed by atoms with E-state index in [4.69, 9.17) is 18.9 Å². The second-order valence-electron chi connectivity index (χ2n) is 7.95. The number of guanidine groups is 1. The molecule has 0 bridgehead atoms. The Hall–Kier alpha value is -0.840. The number of likely N-dealkylation sites (tertiary alicyclic amines) is 1. The predicted molar refractivity (Wildman–Crippen MR) is 124 cm³/mol. The molecular formula is C21H35IN4O3. The maximum atomic E-state index is 5.88. The highest BCUT2D eigenvalue weighted by Crippen LogP contribution is 2.18. The summed E-state index contributed by atoms with van der Waals surface area (Å²) >= 11 is 0. The summed E-state index contributed by atoms with van der Waals surface area (Å²) in [6.07, 6.45) is 7.63. The van der Waals surface area contributed by atoms with Crippen LogP contribution in [-0.2, 0) is 15.9 Å². The Bertz CT molecular complexity index is 601. The van der Waals surface area contributed by atoms with Crippen LogP contribution in [-0.4, -0.2) is 87.0 Å². The lowest BCUT2D eigenvalue weighted by Crippen LogP contribution is -2.47. The molecule has 3 aliphatic rings. The van der Waals surface area contributed by atoms with Crippen molar-refractivity contribution in [3.63, 3.8) is 0 Å². The zero-order valence-corrected chi connectivity index (χ0v) is 19.6. The van der Waals surface area contributed by atoms with Crippen molar-refractivity contribution in [2.75, 3.05) is 59.1 Å². The molecule has 0 saturated carbocycles. The van der Waals surface area contributed by atoms with E-state index in [-0.39, 0.29) is 30.1 Å². The second-order valence-corrected chi connectivity index (χ2v) is 7.95. The monoisotopic (exact) mass is 518 g/mol. The smallest absolute Gasteiger partial charge is 0.194 e. The molecule has 3 saturated heterocycles. The minimum absolute atomic E-state index is 0. The molecule has 29 heavy (non-hydrogen) atoms. The van der Waals surface area contributed by atoms with Gasteiger partial charge in [0.25, 0.3) is 0 Å². The van der Waals surface area contributed by atoms with Gasteiger partial charge in [-0.05, 0) is 37.8 Å².